The minimum Gasteiger partial charge on any atom is -0.395 e. The normalized spacial score (nSPS) is 8.86. The quantitative estimate of drug-likeness (QED) is 0.760. The van der Waals surface area contributed by atoms with Crippen molar-refractivity contribution in [1.29, 1.82) is 0 Å². The Bertz CT molecular complexity index is 212. The average molecular weight is 196 g/mol. The lowest BCUT2D eigenvalue weighted by Gasteiger charge is -2.15. The van der Waals surface area contributed by atoms with E-state index in [0.29, 0.717) is 6.54 Å². The summed E-state index contributed by atoms with van der Waals surface area (Å²) < 4.78 is 0. The molecule has 0 bridgehead atoms. The summed E-state index contributed by atoms with van der Waals surface area (Å²) in [5, 5.41) is 7.75. The van der Waals surface area contributed by atoms with Crippen LogP contribution in [0.15, 0.2) is 30.3 Å². The molecule has 0 atom stereocenters. The molecule has 0 spiro atoms. The van der Waals surface area contributed by atoms with Gasteiger partial charge in [0, 0.05) is 25.8 Å². The fourth-order valence-corrected chi connectivity index (χ4v) is 0.865. The van der Waals surface area contributed by atoms with E-state index in [1.807, 2.05) is 6.07 Å². The van der Waals surface area contributed by atoms with E-state index < -0.39 is 0 Å². The van der Waals surface area contributed by atoms with Gasteiger partial charge >= 0.3 is 0 Å². The van der Waals surface area contributed by atoms with E-state index in [1.165, 1.54) is 5.69 Å². The van der Waals surface area contributed by atoms with Crippen LogP contribution in [0.1, 0.15) is 6.92 Å². The van der Waals surface area contributed by atoms with Crippen LogP contribution in [0.2, 0.25) is 0 Å². The van der Waals surface area contributed by atoms with Crippen LogP contribution in [0, 0.1) is 0 Å². The Morgan fingerprint density at radius 2 is 1.79 bits per heavy atom. The van der Waals surface area contributed by atoms with E-state index in [4.69, 9.17) is 10.8 Å². The summed E-state index contributed by atoms with van der Waals surface area (Å²) in [6.45, 7) is 3.68. The van der Waals surface area contributed by atoms with E-state index in [2.05, 4.69) is 43.1 Å². The fourth-order valence-electron chi connectivity index (χ4n) is 0.865. The zero-order valence-corrected chi connectivity index (χ0v) is 8.98. The lowest BCUT2D eigenvalue weighted by molar-refractivity contribution is 0.306. The Morgan fingerprint density at radius 1 is 1.29 bits per heavy atom. The minimum atomic E-state index is 0.0972. The van der Waals surface area contributed by atoms with Crippen molar-refractivity contribution in [2.75, 3.05) is 31.6 Å². The van der Waals surface area contributed by atoms with Gasteiger partial charge in [-0.05, 0) is 19.1 Å². The summed E-state index contributed by atoms with van der Waals surface area (Å²) in [5.41, 5.74) is 6.06. The van der Waals surface area contributed by atoms with Crippen LogP contribution in [0.25, 0.3) is 0 Å². The molecule has 0 radical (unpaired) electrons. The summed E-state index contributed by atoms with van der Waals surface area (Å²) in [5.74, 6) is 0. The molecule has 3 N–H and O–H groups in total. The zero-order valence-electron chi connectivity index (χ0n) is 8.98. The van der Waals surface area contributed by atoms with Crippen molar-refractivity contribution < 1.29 is 5.11 Å². The van der Waals surface area contributed by atoms with Crippen molar-refractivity contribution >= 4 is 5.69 Å². The van der Waals surface area contributed by atoms with Gasteiger partial charge in [-0.1, -0.05) is 18.2 Å². The van der Waals surface area contributed by atoms with Gasteiger partial charge < -0.3 is 15.7 Å². The number of hydrogen-bond donors (Lipinski definition) is 2. The molecule has 1 aromatic rings. The van der Waals surface area contributed by atoms with Crippen molar-refractivity contribution in [3.8, 4) is 0 Å². The predicted molar refractivity (Wildman–Crippen MR) is 61.5 cm³/mol. The lowest BCUT2D eigenvalue weighted by atomic mass is 10.3. The molecule has 1 aromatic carbocycles. The van der Waals surface area contributed by atoms with Crippen LogP contribution >= 0.6 is 0 Å². The first-order chi connectivity index (χ1) is 6.76. The molecule has 0 aliphatic carbocycles. The summed E-state index contributed by atoms with van der Waals surface area (Å²) >= 11 is 0. The predicted octanol–water partition coefficient (Wildman–Crippen LogP) is 1.08. The van der Waals surface area contributed by atoms with Gasteiger partial charge in [-0.25, -0.2) is 0 Å². The second kappa shape index (κ2) is 8.53. The number of benzene rings is 1. The summed E-state index contributed by atoms with van der Waals surface area (Å²) in [6.07, 6.45) is 0. The molecule has 0 aliphatic heterocycles. The number of nitrogens with zero attached hydrogens (tertiary/aromatic N) is 1. The van der Waals surface area contributed by atoms with E-state index in [-0.39, 0.29) is 6.61 Å². The number of nitrogens with two attached hydrogens (primary N) is 1. The minimum absolute atomic E-state index is 0.0972. The molecule has 80 valence electrons. The molecule has 0 aliphatic rings. The Hall–Kier alpha value is -1.06. The van der Waals surface area contributed by atoms with Gasteiger partial charge in [-0.2, -0.15) is 0 Å². The second-order valence-electron chi connectivity index (χ2n) is 2.86. The van der Waals surface area contributed by atoms with Crippen molar-refractivity contribution in [3.63, 3.8) is 0 Å². The van der Waals surface area contributed by atoms with Gasteiger partial charge in [-0.15, -0.1) is 0 Å². The van der Waals surface area contributed by atoms with Gasteiger partial charge in [0.15, 0.2) is 0 Å². The smallest absolute Gasteiger partial charge is 0.0553 e. The van der Waals surface area contributed by atoms with Crippen LogP contribution in [0.3, 0.4) is 0 Å². The molecule has 0 unspecified atom stereocenters. The molecular weight excluding hydrogens is 176 g/mol. The van der Waals surface area contributed by atoms with Gasteiger partial charge in [0.2, 0.25) is 0 Å². The number of aliphatic hydroxyl groups excluding tert-OH is 1. The third kappa shape index (κ3) is 5.56. The maximum absolute atomic E-state index is 7.75. The molecule has 0 saturated heterocycles. The van der Waals surface area contributed by atoms with Gasteiger partial charge in [0.05, 0.1) is 6.61 Å². The number of para-hydroxylation sites is 1. The maximum atomic E-state index is 7.75. The monoisotopic (exact) mass is 196 g/mol. The molecule has 0 aromatic heterocycles. The van der Waals surface area contributed by atoms with Crippen LogP contribution in [0.5, 0.6) is 0 Å². The molecule has 0 saturated carbocycles. The Morgan fingerprint density at radius 3 is 2.14 bits per heavy atom. The first kappa shape index (κ1) is 12.9. The van der Waals surface area contributed by atoms with Crippen LogP contribution in [0.4, 0.5) is 5.69 Å². The number of aliphatic hydroxyl groups is 1. The molecule has 3 heteroatoms. The van der Waals surface area contributed by atoms with Crippen molar-refractivity contribution in [3.05, 3.63) is 30.3 Å². The Labute approximate surface area is 86.2 Å². The summed E-state index contributed by atoms with van der Waals surface area (Å²) in [6, 6.07) is 10.4. The van der Waals surface area contributed by atoms with Gasteiger partial charge in [-0.3, -0.25) is 0 Å². The van der Waals surface area contributed by atoms with Gasteiger partial charge in [0.1, 0.15) is 0 Å². The molecule has 0 amide bonds. The van der Waals surface area contributed by atoms with Crippen molar-refractivity contribution in [2.24, 2.45) is 5.73 Å². The molecule has 3 nitrogen and oxygen atoms in total. The van der Waals surface area contributed by atoms with Gasteiger partial charge in [0.25, 0.3) is 0 Å². The number of anilines is 1. The van der Waals surface area contributed by atoms with E-state index in [1.54, 1.807) is 0 Å². The molecular formula is C11H20N2O. The summed E-state index contributed by atoms with van der Waals surface area (Å²) in [4.78, 5) is 2.21. The first-order valence-electron chi connectivity index (χ1n) is 4.83. The maximum Gasteiger partial charge on any atom is 0.0553 e. The molecule has 0 fully saturated rings. The van der Waals surface area contributed by atoms with Crippen LogP contribution in [-0.2, 0) is 0 Å². The molecule has 14 heavy (non-hydrogen) atoms. The highest BCUT2D eigenvalue weighted by atomic mass is 16.3. The highest BCUT2D eigenvalue weighted by molar-refractivity contribution is 5.44. The number of rotatable bonds is 3. The van der Waals surface area contributed by atoms with Crippen LogP contribution < -0.4 is 10.6 Å². The first-order valence-corrected chi connectivity index (χ1v) is 4.83. The standard InChI is InChI=1S/C9H13N.C2H7NO/c1-3-10(2)9-7-5-4-6-8-9;3-1-2-4/h4-8H,3H2,1-2H3;4H,1-3H2. The highest BCUT2D eigenvalue weighted by Gasteiger charge is 1.92. The second-order valence-corrected chi connectivity index (χ2v) is 2.86. The van der Waals surface area contributed by atoms with E-state index in [9.17, 15) is 0 Å². The molecule has 1 rings (SSSR count). The summed E-state index contributed by atoms with van der Waals surface area (Å²) in [7, 11) is 2.09. The van der Waals surface area contributed by atoms with Crippen molar-refractivity contribution in [2.45, 2.75) is 6.92 Å². The van der Waals surface area contributed by atoms with Crippen molar-refractivity contribution in [1.82, 2.24) is 0 Å². The van der Waals surface area contributed by atoms with Crippen LogP contribution in [-0.4, -0.2) is 31.9 Å². The third-order valence-electron chi connectivity index (χ3n) is 1.80. The fraction of sp³-hybridized carbons (Fsp3) is 0.455. The third-order valence-corrected chi connectivity index (χ3v) is 1.80. The Kier molecular flexibility index (Phi) is 7.89. The largest absolute Gasteiger partial charge is 0.395 e. The van der Waals surface area contributed by atoms with E-state index >= 15 is 0 Å². The zero-order chi connectivity index (χ0) is 10.8. The lowest BCUT2D eigenvalue weighted by Crippen LogP contribution is -2.15. The van der Waals surface area contributed by atoms with E-state index in [0.717, 1.165) is 6.54 Å². The molecule has 0 heterocycles. The average Bonchev–Trinajstić information content (AvgIpc) is 2.29. The number of hydrogen-bond acceptors (Lipinski definition) is 3. The Balaban J connectivity index is 0.000000364. The highest BCUT2D eigenvalue weighted by Crippen LogP contribution is 2.09. The topological polar surface area (TPSA) is 49.5 Å². The SMILES string of the molecule is CCN(C)c1ccccc1.NCCO.